The maximum absolute atomic E-state index is 5.17. The van der Waals surface area contributed by atoms with Gasteiger partial charge in [0.25, 0.3) is 0 Å². The average molecular weight is 203 g/mol. The summed E-state index contributed by atoms with van der Waals surface area (Å²) in [6, 6.07) is 9.77. The zero-order valence-electron chi connectivity index (χ0n) is 9.47. The Balaban J connectivity index is 2.79. The lowest BCUT2D eigenvalue weighted by atomic mass is 10.2. The molecule has 0 saturated heterocycles. The zero-order valence-corrected chi connectivity index (χ0v) is 9.47. The Morgan fingerprint density at radius 2 is 1.93 bits per heavy atom. The van der Waals surface area contributed by atoms with Gasteiger partial charge in [-0.3, -0.25) is 0 Å². The standard InChI is InChI=1S/C13H17NO/c1-11(2)9-10-13(15-3)14-12-7-5-4-6-8-12/h4-11H,1-3H3/b10-9-,14-13?. The van der Waals surface area contributed by atoms with E-state index in [1.54, 1.807) is 7.11 Å². The third-order valence-electron chi connectivity index (χ3n) is 1.83. The molecule has 0 heterocycles. The lowest BCUT2D eigenvalue weighted by Crippen LogP contribution is -1.96. The number of allylic oxidation sites excluding steroid dienone is 1. The number of aliphatic imine (C=N–C) groups is 1. The van der Waals surface area contributed by atoms with Gasteiger partial charge in [-0.25, -0.2) is 4.99 Å². The van der Waals surface area contributed by atoms with Crippen molar-refractivity contribution >= 4 is 11.6 Å². The normalized spacial score (nSPS) is 12.4. The first kappa shape index (κ1) is 11.5. The highest BCUT2D eigenvalue weighted by molar-refractivity contribution is 5.89. The van der Waals surface area contributed by atoms with Crippen LogP contribution in [-0.2, 0) is 4.74 Å². The molecule has 0 bridgehead atoms. The maximum atomic E-state index is 5.17. The van der Waals surface area contributed by atoms with Crippen molar-refractivity contribution in [1.82, 2.24) is 0 Å². The SMILES string of the molecule is COC(/C=C\C(C)C)=Nc1ccccc1. The van der Waals surface area contributed by atoms with Crippen molar-refractivity contribution in [2.24, 2.45) is 10.9 Å². The zero-order chi connectivity index (χ0) is 11.1. The number of hydrogen-bond acceptors (Lipinski definition) is 2. The van der Waals surface area contributed by atoms with Crippen molar-refractivity contribution in [3.63, 3.8) is 0 Å². The van der Waals surface area contributed by atoms with Crippen molar-refractivity contribution in [1.29, 1.82) is 0 Å². The van der Waals surface area contributed by atoms with Crippen LogP contribution in [0.4, 0.5) is 5.69 Å². The largest absolute Gasteiger partial charge is 0.481 e. The summed E-state index contributed by atoms with van der Waals surface area (Å²) in [4.78, 5) is 4.36. The molecule has 80 valence electrons. The minimum Gasteiger partial charge on any atom is -0.481 e. The van der Waals surface area contributed by atoms with Crippen LogP contribution in [0.25, 0.3) is 0 Å². The average Bonchev–Trinajstić information content (AvgIpc) is 2.25. The van der Waals surface area contributed by atoms with Crippen LogP contribution in [0.15, 0.2) is 47.5 Å². The van der Waals surface area contributed by atoms with E-state index < -0.39 is 0 Å². The molecule has 2 heteroatoms. The molecule has 0 fully saturated rings. The van der Waals surface area contributed by atoms with Gasteiger partial charge in [0, 0.05) is 0 Å². The predicted molar refractivity (Wildman–Crippen MR) is 64.5 cm³/mol. The Bertz CT molecular complexity index is 339. The van der Waals surface area contributed by atoms with Crippen molar-refractivity contribution in [2.75, 3.05) is 7.11 Å². The Labute approximate surface area is 91.3 Å². The molecule has 0 atom stereocenters. The summed E-state index contributed by atoms with van der Waals surface area (Å²) in [7, 11) is 1.63. The molecule has 0 N–H and O–H groups in total. The van der Waals surface area contributed by atoms with Crippen LogP contribution in [0, 0.1) is 5.92 Å². The van der Waals surface area contributed by atoms with Crippen LogP contribution in [-0.4, -0.2) is 13.0 Å². The number of para-hydroxylation sites is 1. The number of rotatable bonds is 3. The molecule has 0 aliphatic carbocycles. The Hall–Kier alpha value is -1.57. The monoisotopic (exact) mass is 203 g/mol. The Morgan fingerprint density at radius 1 is 1.27 bits per heavy atom. The van der Waals surface area contributed by atoms with Gasteiger partial charge < -0.3 is 4.74 Å². The fourth-order valence-corrected chi connectivity index (χ4v) is 1.06. The molecule has 0 unspecified atom stereocenters. The molecular formula is C13H17NO. The van der Waals surface area contributed by atoms with Gasteiger partial charge in [0.1, 0.15) is 0 Å². The molecule has 2 nitrogen and oxygen atoms in total. The molecule has 0 aromatic heterocycles. The molecule has 1 aromatic carbocycles. The van der Waals surface area contributed by atoms with E-state index in [0.29, 0.717) is 11.8 Å². The molecule has 1 aromatic rings. The first-order valence-electron chi connectivity index (χ1n) is 5.08. The van der Waals surface area contributed by atoms with E-state index in [2.05, 4.69) is 24.9 Å². The van der Waals surface area contributed by atoms with Crippen molar-refractivity contribution < 1.29 is 4.74 Å². The molecule has 0 aliphatic heterocycles. The van der Waals surface area contributed by atoms with Crippen LogP contribution in [0.1, 0.15) is 13.8 Å². The highest BCUT2D eigenvalue weighted by atomic mass is 16.5. The Kier molecular flexibility index (Phi) is 4.61. The van der Waals surface area contributed by atoms with Gasteiger partial charge >= 0.3 is 0 Å². The number of hydrogen-bond donors (Lipinski definition) is 0. The quantitative estimate of drug-likeness (QED) is 0.543. The first-order chi connectivity index (χ1) is 7.22. The second-order valence-corrected chi connectivity index (χ2v) is 3.59. The smallest absolute Gasteiger partial charge is 0.213 e. The molecular weight excluding hydrogens is 186 g/mol. The van der Waals surface area contributed by atoms with E-state index in [1.807, 2.05) is 36.4 Å². The second kappa shape index (κ2) is 6.02. The van der Waals surface area contributed by atoms with Gasteiger partial charge in [-0.1, -0.05) is 38.1 Å². The van der Waals surface area contributed by atoms with E-state index in [-0.39, 0.29) is 0 Å². The van der Waals surface area contributed by atoms with E-state index in [0.717, 1.165) is 5.69 Å². The summed E-state index contributed by atoms with van der Waals surface area (Å²) in [5, 5.41) is 0. The van der Waals surface area contributed by atoms with E-state index >= 15 is 0 Å². The van der Waals surface area contributed by atoms with Gasteiger partial charge in [0.2, 0.25) is 5.90 Å². The summed E-state index contributed by atoms with van der Waals surface area (Å²) in [5.74, 6) is 1.14. The fraction of sp³-hybridized carbons (Fsp3) is 0.308. The summed E-state index contributed by atoms with van der Waals surface area (Å²) in [5.41, 5.74) is 0.905. The first-order valence-corrected chi connectivity index (χ1v) is 5.08. The van der Waals surface area contributed by atoms with Crippen LogP contribution in [0.2, 0.25) is 0 Å². The molecule has 1 rings (SSSR count). The molecule has 0 amide bonds. The topological polar surface area (TPSA) is 21.6 Å². The van der Waals surface area contributed by atoms with E-state index in [1.165, 1.54) is 0 Å². The molecule has 0 aliphatic rings. The second-order valence-electron chi connectivity index (χ2n) is 3.59. The van der Waals surface area contributed by atoms with Crippen LogP contribution in [0.3, 0.4) is 0 Å². The van der Waals surface area contributed by atoms with E-state index in [4.69, 9.17) is 4.74 Å². The molecule has 0 spiro atoms. The number of nitrogens with zero attached hydrogens (tertiary/aromatic N) is 1. The van der Waals surface area contributed by atoms with Crippen LogP contribution < -0.4 is 0 Å². The molecule has 0 radical (unpaired) electrons. The number of ether oxygens (including phenoxy) is 1. The van der Waals surface area contributed by atoms with Gasteiger partial charge in [0.05, 0.1) is 12.8 Å². The van der Waals surface area contributed by atoms with Crippen molar-refractivity contribution in [3.05, 3.63) is 42.5 Å². The van der Waals surface area contributed by atoms with Gasteiger partial charge in [0.15, 0.2) is 0 Å². The van der Waals surface area contributed by atoms with Crippen molar-refractivity contribution in [2.45, 2.75) is 13.8 Å². The molecule has 15 heavy (non-hydrogen) atoms. The van der Waals surface area contributed by atoms with Crippen molar-refractivity contribution in [3.8, 4) is 0 Å². The third-order valence-corrected chi connectivity index (χ3v) is 1.83. The highest BCUT2D eigenvalue weighted by Gasteiger charge is 1.93. The minimum absolute atomic E-state index is 0.501. The van der Waals surface area contributed by atoms with E-state index in [9.17, 15) is 0 Å². The lowest BCUT2D eigenvalue weighted by Gasteiger charge is -2.00. The summed E-state index contributed by atoms with van der Waals surface area (Å²) < 4.78 is 5.17. The maximum Gasteiger partial charge on any atom is 0.213 e. The number of benzene rings is 1. The summed E-state index contributed by atoms with van der Waals surface area (Å²) in [6.07, 6.45) is 3.96. The lowest BCUT2D eigenvalue weighted by molar-refractivity contribution is 0.407. The summed E-state index contributed by atoms with van der Waals surface area (Å²) in [6.45, 7) is 4.23. The van der Waals surface area contributed by atoms with Crippen LogP contribution in [0.5, 0.6) is 0 Å². The minimum atomic E-state index is 0.501. The fourth-order valence-electron chi connectivity index (χ4n) is 1.06. The number of methoxy groups -OCH3 is 1. The Morgan fingerprint density at radius 3 is 2.47 bits per heavy atom. The molecule has 0 saturated carbocycles. The highest BCUT2D eigenvalue weighted by Crippen LogP contribution is 2.10. The van der Waals surface area contributed by atoms with Crippen LogP contribution >= 0.6 is 0 Å². The summed E-state index contributed by atoms with van der Waals surface area (Å²) >= 11 is 0. The van der Waals surface area contributed by atoms with Gasteiger partial charge in [-0.05, 0) is 24.1 Å². The third kappa shape index (κ3) is 4.45. The van der Waals surface area contributed by atoms with Gasteiger partial charge in [-0.15, -0.1) is 0 Å². The predicted octanol–water partition coefficient (Wildman–Crippen LogP) is 3.58. The van der Waals surface area contributed by atoms with Gasteiger partial charge in [-0.2, -0.15) is 0 Å².